The molecule has 0 bridgehead atoms. The Morgan fingerprint density at radius 2 is 2.16 bits per heavy atom. The molecule has 1 aliphatic rings. The molecule has 2 heterocycles. The third-order valence-electron chi connectivity index (χ3n) is 4.19. The Balaban J connectivity index is 1.69. The van der Waals surface area contributed by atoms with Crippen LogP contribution in [0.1, 0.15) is 16.7 Å². The minimum atomic E-state index is -3.20. The van der Waals surface area contributed by atoms with Crippen molar-refractivity contribution in [1.29, 1.82) is 0 Å². The van der Waals surface area contributed by atoms with E-state index in [0.29, 0.717) is 26.1 Å². The lowest BCUT2D eigenvalue weighted by molar-refractivity contribution is 0.122. The molecule has 0 saturated carbocycles. The highest BCUT2D eigenvalue weighted by Crippen LogP contribution is 2.27. The molecule has 2 aromatic rings. The molecular formula is C16H20F2N4O2S. The summed E-state index contributed by atoms with van der Waals surface area (Å²) in [7, 11) is -3.20. The second kappa shape index (κ2) is 7.09. The van der Waals surface area contributed by atoms with Crippen molar-refractivity contribution in [3.63, 3.8) is 0 Å². The van der Waals surface area contributed by atoms with E-state index in [0.717, 1.165) is 22.4 Å². The van der Waals surface area contributed by atoms with Crippen LogP contribution in [-0.2, 0) is 36.1 Å². The molecule has 0 aliphatic carbocycles. The van der Waals surface area contributed by atoms with Crippen molar-refractivity contribution in [2.75, 3.05) is 18.1 Å². The number of benzene rings is 1. The van der Waals surface area contributed by atoms with Gasteiger partial charge >= 0.3 is 0 Å². The number of sulfonamides is 1. The van der Waals surface area contributed by atoms with E-state index in [1.165, 1.54) is 15.2 Å². The van der Waals surface area contributed by atoms with Crippen LogP contribution in [0.4, 0.5) is 14.5 Å². The van der Waals surface area contributed by atoms with Crippen molar-refractivity contribution in [2.24, 2.45) is 0 Å². The van der Waals surface area contributed by atoms with Crippen LogP contribution < -0.4 is 5.32 Å². The van der Waals surface area contributed by atoms with Crippen LogP contribution in [0.2, 0.25) is 0 Å². The van der Waals surface area contributed by atoms with Crippen LogP contribution in [0.5, 0.6) is 0 Å². The van der Waals surface area contributed by atoms with Gasteiger partial charge < -0.3 is 5.32 Å². The highest BCUT2D eigenvalue weighted by atomic mass is 32.2. The van der Waals surface area contributed by atoms with E-state index in [1.54, 1.807) is 12.4 Å². The first-order chi connectivity index (χ1) is 11.8. The molecule has 0 unspecified atom stereocenters. The topological polar surface area (TPSA) is 67.2 Å². The number of rotatable bonds is 6. The summed E-state index contributed by atoms with van der Waals surface area (Å²) in [6.45, 7) is 0.879. The van der Waals surface area contributed by atoms with Crippen LogP contribution in [0, 0.1) is 0 Å². The first kappa shape index (κ1) is 17.8. The number of hydrogen-bond acceptors (Lipinski definition) is 4. The molecule has 3 rings (SSSR count). The van der Waals surface area contributed by atoms with E-state index in [9.17, 15) is 17.2 Å². The summed E-state index contributed by atoms with van der Waals surface area (Å²) in [5.74, 6) is 0. The van der Waals surface area contributed by atoms with Crippen LogP contribution in [0.3, 0.4) is 0 Å². The molecule has 0 spiro atoms. The van der Waals surface area contributed by atoms with Gasteiger partial charge in [-0.25, -0.2) is 17.2 Å². The zero-order valence-corrected chi connectivity index (χ0v) is 14.6. The van der Waals surface area contributed by atoms with Gasteiger partial charge in [0.15, 0.2) is 0 Å². The number of nitrogens with zero attached hydrogens (tertiary/aromatic N) is 3. The van der Waals surface area contributed by atoms with E-state index in [2.05, 4.69) is 10.4 Å². The monoisotopic (exact) mass is 370 g/mol. The molecule has 0 radical (unpaired) electrons. The van der Waals surface area contributed by atoms with Crippen molar-refractivity contribution in [2.45, 2.75) is 32.5 Å². The zero-order valence-electron chi connectivity index (χ0n) is 13.8. The Kier molecular flexibility index (Phi) is 5.05. The van der Waals surface area contributed by atoms with Gasteiger partial charge in [-0.2, -0.15) is 9.40 Å². The Labute approximate surface area is 145 Å². The summed E-state index contributed by atoms with van der Waals surface area (Å²) in [6.07, 6.45) is 2.59. The van der Waals surface area contributed by atoms with Gasteiger partial charge in [0.2, 0.25) is 10.0 Å². The second-order valence-corrected chi connectivity index (χ2v) is 8.09. The minimum absolute atomic E-state index is 0.371. The summed E-state index contributed by atoms with van der Waals surface area (Å²) in [6, 6.07) is 5.75. The smallest absolute Gasteiger partial charge is 0.257 e. The van der Waals surface area contributed by atoms with Gasteiger partial charge in [0, 0.05) is 37.1 Å². The quantitative estimate of drug-likeness (QED) is 0.845. The van der Waals surface area contributed by atoms with Crippen molar-refractivity contribution < 1.29 is 17.2 Å². The molecule has 6 nitrogen and oxygen atoms in total. The molecule has 136 valence electrons. The first-order valence-electron chi connectivity index (χ1n) is 7.92. The van der Waals surface area contributed by atoms with Gasteiger partial charge in [-0.1, -0.05) is 12.1 Å². The fraction of sp³-hybridized carbons (Fsp3) is 0.438. The van der Waals surface area contributed by atoms with Crippen LogP contribution >= 0.6 is 0 Å². The molecule has 1 aromatic heterocycles. The molecule has 1 N–H and O–H groups in total. The zero-order chi connectivity index (χ0) is 18.0. The molecule has 1 aliphatic heterocycles. The summed E-state index contributed by atoms with van der Waals surface area (Å²) in [5.41, 5.74) is 3.83. The van der Waals surface area contributed by atoms with E-state index < -0.39 is 23.0 Å². The second-order valence-electron chi connectivity index (χ2n) is 6.11. The predicted octanol–water partition coefficient (Wildman–Crippen LogP) is 2.08. The minimum Gasteiger partial charge on any atom is -0.381 e. The average Bonchev–Trinajstić information content (AvgIpc) is 2.98. The average molecular weight is 370 g/mol. The van der Waals surface area contributed by atoms with E-state index >= 15 is 0 Å². The highest BCUT2D eigenvalue weighted by Gasteiger charge is 2.24. The molecule has 0 amide bonds. The fourth-order valence-corrected chi connectivity index (χ4v) is 3.77. The lowest BCUT2D eigenvalue weighted by Crippen LogP contribution is -2.35. The maximum Gasteiger partial charge on any atom is 0.257 e. The van der Waals surface area contributed by atoms with Gasteiger partial charge in [0.1, 0.15) is 6.54 Å². The maximum atomic E-state index is 12.4. The number of anilines is 1. The summed E-state index contributed by atoms with van der Waals surface area (Å²) in [5, 5.41) is 7.22. The van der Waals surface area contributed by atoms with Gasteiger partial charge in [0.25, 0.3) is 6.43 Å². The van der Waals surface area contributed by atoms with E-state index in [1.807, 2.05) is 18.2 Å². The Bertz CT molecular complexity index is 852. The normalized spacial score (nSPS) is 15.4. The fourth-order valence-electron chi connectivity index (χ4n) is 2.97. The van der Waals surface area contributed by atoms with Crippen molar-refractivity contribution in [3.8, 4) is 0 Å². The molecule has 1 aromatic carbocycles. The number of hydrogen-bond donors (Lipinski definition) is 1. The van der Waals surface area contributed by atoms with E-state index in [-0.39, 0.29) is 0 Å². The van der Waals surface area contributed by atoms with Crippen molar-refractivity contribution in [1.82, 2.24) is 14.1 Å². The number of halogens is 2. The molecule has 0 atom stereocenters. The molecule has 25 heavy (non-hydrogen) atoms. The molecule has 0 saturated heterocycles. The molecule has 9 heteroatoms. The summed E-state index contributed by atoms with van der Waals surface area (Å²) < 4.78 is 50.9. The largest absolute Gasteiger partial charge is 0.381 e. The lowest BCUT2D eigenvalue weighted by Gasteiger charge is -2.28. The molecule has 0 fully saturated rings. The number of nitrogens with one attached hydrogen (secondary N) is 1. The molecular weight excluding hydrogens is 350 g/mol. The van der Waals surface area contributed by atoms with Gasteiger partial charge in [-0.3, -0.25) is 4.68 Å². The maximum absolute atomic E-state index is 12.4. The Morgan fingerprint density at radius 1 is 1.36 bits per heavy atom. The Hall–Kier alpha value is -2.00. The Morgan fingerprint density at radius 3 is 2.88 bits per heavy atom. The van der Waals surface area contributed by atoms with Crippen LogP contribution in [-0.4, -0.2) is 41.7 Å². The summed E-state index contributed by atoms with van der Waals surface area (Å²) >= 11 is 0. The van der Waals surface area contributed by atoms with Crippen LogP contribution in [0.25, 0.3) is 0 Å². The predicted molar refractivity (Wildman–Crippen MR) is 91.0 cm³/mol. The highest BCUT2D eigenvalue weighted by molar-refractivity contribution is 7.88. The SMILES string of the molecule is CS(=O)(=O)N1CCc2c(cccc2NCc2cnn(CC(F)F)c2)C1. The standard InChI is InChI=1S/C16H20F2N4O2S/c1-25(23,24)22-6-5-14-13(10-22)3-2-4-15(14)19-7-12-8-20-21(9-12)11-16(17)18/h2-4,8-9,16,19H,5-7,10-11H2,1H3. The third kappa shape index (κ3) is 4.35. The van der Waals surface area contributed by atoms with Crippen molar-refractivity contribution >= 4 is 15.7 Å². The first-order valence-corrected chi connectivity index (χ1v) is 9.77. The number of alkyl halides is 2. The lowest BCUT2D eigenvalue weighted by atomic mass is 9.99. The van der Waals surface area contributed by atoms with Crippen molar-refractivity contribution in [3.05, 3.63) is 47.3 Å². The third-order valence-corrected chi connectivity index (χ3v) is 5.44. The van der Waals surface area contributed by atoms with E-state index in [4.69, 9.17) is 0 Å². The number of fused-ring (bicyclic) bond motifs is 1. The van der Waals surface area contributed by atoms with Gasteiger partial charge in [-0.05, 0) is 23.6 Å². The van der Waals surface area contributed by atoms with Crippen LogP contribution in [0.15, 0.2) is 30.6 Å². The number of aromatic nitrogens is 2. The van der Waals surface area contributed by atoms with Gasteiger partial charge in [-0.15, -0.1) is 0 Å². The van der Waals surface area contributed by atoms with Gasteiger partial charge in [0.05, 0.1) is 12.5 Å². The summed E-state index contributed by atoms with van der Waals surface area (Å²) in [4.78, 5) is 0.